The smallest absolute Gasteiger partial charge is 0.332 e. The highest BCUT2D eigenvalue weighted by Crippen LogP contribution is 2.23. The molecule has 1 aromatic carbocycles. The highest BCUT2D eigenvalue weighted by molar-refractivity contribution is 7.99. The van der Waals surface area contributed by atoms with Gasteiger partial charge >= 0.3 is 5.69 Å². The average molecular weight is 360 g/mol. The van der Waals surface area contributed by atoms with Crippen LogP contribution in [0.4, 0.5) is 0 Å². The molecule has 0 aliphatic heterocycles. The van der Waals surface area contributed by atoms with Crippen LogP contribution in [0.25, 0.3) is 11.2 Å². The van der Waals surface area contributed by atoms with E-state index in [1.54, 1.807) is 7.05 Å². The number of imidazole rings is 1. The molecule has 0 unspecified atom stereocenters. The maximum Gasteiger partial charge on any atom is 0.332 e. The second-order valence-electron chi connectivity index (χ2n) is 5.77. The number of nitrogens with zero attached hydrogens (tertiary/aromatic N) is 4. The van der Waals surface area contributed by atoms with Gasteiger partial charge in [-0.3, -0.25) is 13.9 Å². The van der Waals surface area contributed by atoms with Gasteiger partial charge in [0.1, 0.15) is 0 Å². The molecule has 0 saturated carbocycles. The maximum atomic E-state index is 12.7. The monoisotopic (exact) mass is 360 g/mol. The van der Waals surface area contributed by atoms with Crippen molar-refractivity contribution in [2.24, 2.45) is 14.1 Å². The predicted octanol–water partition coefficient (Wildman–Crippen LogP) is 0.956. The Kier molecular flexibility index (Phi) is 5.10. The predicted molar refractivity (Wildman–Crippen MR) is 98.2 cm³/mol. The van der Waals surface area contributed by atoms with Crippen molar-refractivity contribution in [3.63, 3.8) is 0 Å². The summed E-state index contributed by atoms with van der Waals surface area (Å²) in [7, 11) is 3.09. The van der Waals surface area contributed by atoms with E-state index >= 15 is 0 Å². The lowest BCUT2D eigenvalue weighted by molar-refractivity contribution is 0.296. The minimum atomic E-state index is -0.395. The summed E-state index contributed by atoms with van der Waals surface area (Å²) in [6, 6.07) is 9.80. The van der Waals surface area contributed by atoms with Gasteiger partial charge < -0.3 is 9.67 Å². The molecule has 2 heterocycles. The lowest BCUT2D eigenvalue weighted by Gasteiger charge is -2.09. The molecule has 0 fully saturated rings. The molecule has 0 bridgehead atoms. The zero-order valence-corrected chi connectivity index (χ0v) is 15.0. The zero-order chi connectivity index (χ0) is 18.0. The van der Waals surface area contributed by atoms with Gasteiger partial charge in [0.25, 0.3) is 5.56 Å². The van der Waals surface area contributed by atoms with E-state index < -0.39 is 5.69 Å². The van der Waals surface area contributed by atoms with Gasteiger partial charge in [0.05, 0.1) is 6.54 Å². The summed E-state index contributed by atoms with van der Waals surface area (Å²) in [5, 5.41) is 9.68. The first-order valence-electron chi connectivity index (χ1n) is 7.98. The second kappa shape index (κ2) is 7.28. The third-order valence-corrected chi connectivity index (χ3v) is 5.09. The first-order valence-corrected chi connectivity index (χ1v) is 8.97. The van der Waals surface area contributed by atoms with Gasteiger partial charge in [-0.1, -0.05) is 42.1 Å². The molecule has 8 heteroatoms. The topological polar surface area (TPSA) is 82.1 Å². The highest BCUT2D eigenvalue weighted by Gasteiger charge is 2.19. The molecular weight excluding hydrogens is 340 g/mol. The number of thioether (sulfide) groups is 1. The second-order valence-corrected chi connectivity index (χ2v) is 6.83. The number of fused-ring (bicyclic) bond motifs is 1. The van der Waals surface area contributed by atoms with E-state index in [1.807, 2.05) is 34.9 Å². The normalized spacial score (nSPS) is 11.3. The van der Waals surface area contributed by atoms with Crippen LogP contribution in [0.2, 0.25) is 0 Å². The van der Waals surface area contributed by atoms with E-state index in [0.717, 1.165) is 10.1 Å². The lowest BCUT2D eigenvalue weighted by Crippen LogP contribution is -2.37. The number of aryl methyl sites for hydroxylation is 1. The molecule has 132 valence electrons. The quantitative estimate of drug-likeness (QED) is 0.523. The van der Waals surface area contributed by atoms with Crippen molar-refractivity contribution < 1.29 is 5.11 Å². The first kappa shape index (κ1) is 17.5. The van der Waals surface area contributed by atoms with Crippen LogP contribution in [-0.2, 0) is 20.6 Å². The number of aromatic nitrogens is 4. The summed E-state index contributed by atoms with van der Waals surface area (Å²) in [5.74, 6) is 0.683. The number of hydrogen-bond donors (Lipinski definition) is 1. The third kappa shape index (κ3) is 3.27. The molecule has 2 aromatic heterocycles. The van der Waals surface area contributed by atoms with E-state index in [2.05, 4.69) is 4.98 Å². The molecule has 0 radical (unpaired) electrons. The Morgan fingerprint density at radius 1 is 1.12 bits per heavy atom. The summed E-state index contributed by atoms with van der Waals surface area (Å²) >= 11 is 1.47. The summed E-state index contributed by atoms with van der Waals surface area (Å²) in [6.45, 7) is 0.596. The van der Waals surface area contributed by atoms with Crippen molar-refractivity contribution in [1.82, 2.24) is 18.7 Å². The van der Waals surface area contributed by atoms with Crippen LogP contribution < -0.4 is 11.2 Å². The number of aliphatic hydroxyl groups excluding tert-OH is 1. The van der Waals surface area contributed by atoms with Crippen LogP contribution in [0, 0.1) is 0 Å². The molecule has 0 aliphatic carbocycles. The number of aliphatic hydroxyl groups is 1. The number of hydrogen-bond acceptors (Lipinski definition) is 5. The lowest BCUT2D eigenvalue weighted by atomic mass is 10.2. The van der Waals surface area contributed by atoms with Crippen molar-refractivity contribution in [3.05, 3.63) is 56.7 Å². The van der Waals surface area contributed by atoms with Gasteiger partial charge in [-0.15, -0.1) is 0 Å². The minimum Gasteiger partial charge on any atom is -0.396 e. The van der Waals surface area contributed by atoms with Crippen molar-refractivity contribution in [2.45, 2.75) is 18.1 Å². The van der Waals surface area contributed by atoms with E-state index in [-0.39, 0.29) is 12.2 Å². The Labute approximate surface area is 148 Å². The molecule has 25 heavy (non-hydrogen) atoms. The van der Waals surface area contributed by atoms with E-state index in [1.165, 1.54) is 23.4 Å². The Balaban J connectivity index is 2.20. The molecule has 0 atom stereocenters. The summed E-state index contributed by atoms with van der Waals surface area (Å²) in [6.07, 6.45) is 0.635. The molecule has 0 aliphatic rings. The fraction of sp³-hybridized carbons (Fsp3) is 0.353. The summed E-state index contributed by atoms with van der Waals surface area (Å²) in [4.78, 5) is 29.4. The van der Waals surface area contributed by atoms with Crippen LogP contribution in [0.3, 0.4) is 0 Å². The SMILES string of the molecule is Cn1c(=O)c2c(nc(SCCCO)n2Cc2ccccc2)n(C)c1=O. The zero-order valence-electron chi connectivity index (χ0n) is 14.2. The van der Waals surface area contributed by atoms with Crippen LogP contribution in [0.1, 0.15) is 12.0 Å². The molecular formula is C17H20N4O3S. The third-order valence-electron chi connectivity index (χ3n) is 4.03. The molecule has 3 rings (SSSR count). The van der Waals surface area contributed by atoms with Crippen molar-refractivity contribution in [2.75, 3.05) is 12.4 Å². The Bertz CT molecular complexity index is 1000. The van der Waals surface area contributed by atoms with Gasteiger partial charge in [-0.2, -0.15) is 0 Å². The largest absolute Gasteiger partial charge is 0.396 e. The van der Waals surface area contributed by atoms with E-state index in [9.17, 15) is 9.59 Å². The van der Waals surface area contributed by atoms with Crippen molar-refractivity contribution >= 4 is 22.9 Å². The fourth-order valence-corrected chi connectivity index (χ4v) is 3.60. The van der Waals surface area contributed by atoms with Gasteiger partial charge in [-0.05, 0) is 12.0 Å². The molecule has 1 N–H and O–H groups in total. The van der Waals surface area contributed by atoms with Gasteiger partial charge in [0, 0.05) is 26.5 Å². The van der Waals surface area contributed by atoms with E-state index in [0.29, 0.717) is 35.0 Å². The molecule has 7 nitrogen and oxygen atoms in total. The maximum absolute atomic E-state index is 12.7. The summed E-state index contributed by atoms with van der Waals surface area (Å²) in [5.41, 5.74) is 1.10. The van der Waals surface area contributed by atoms with Gasteiger partial charge in [0.15, 0.2) is 16.3 Å². The van der Waals surface area contributed by atoms with Crippen LogP contribution in [-0.4, -0.2) is 36.2 Å². The Hall–Kier alpha value is -2.32. The van der Waals surface area contributed by atoms with Crippen LogP contribution in [0.15, 0.2) is 45.1 Å². The minimum absolute atomic E-state index is 0.103. The number of benzene rings is 1. The van der Waals surface area contributed by atoms with Gasteiger partial charge in [-0.25, -0.2) is 9.78 Å². The molecule has 0 amide bonds. The van der Waals surface area contributed by atoms with Crippen LogP contribution >= 0.6 is 11.8 Å². The van der Waals surface area contributed by atoms with Crippen molar-refractivity contribution in [1.29, 1.82) is 0 Å². The fourth-order valence-electron chi connectivity index (χ4n) is 2.68. The highest BCUT2D eigenvalue weighted by atomic mass is 32.2. The molecule has 0 saturated heterocycles. The number of rotatable bonds is 6. The van der Waals surface area contributed by atoms with Gasteiger partial charge in [0.2, 0.25) is 0 Å². The van der Waals surface area contributed by atoms with E-state index in [4.69, 9.17) is 5.11 Å². The van der Waals surface area contributed by atoms with Crippen molar-refractivity contribution in [3.8, 4) is 0 Å². The standard InChI is InChI=1S/C17H20N4O3S/c1-19-14-13(15(23)20(2)17(19)24)21(11-12-7-4-3-5-8-12)16(18-14)25-10-6-9-22/h3-5,7-8,22H,6,9-11H2,1-2H3. The Morgan fingerprint density at radius 3 is 2.52 bits per heavy atom. The molecule has 3 aromatic rings. The average Bonchev–Trinajstić information content (AvgIpc) is 2.98. The summed E-state index contributed by atoms with van der Waals surface area (Å²) < 4.78 is 4.36. The Morgan fingerprint density at radius 2 is 1.84 bits per heavy atom. The van der Waals surface area contributed by atoms with Crippen LogP contribution in [0.5, 0.6) is 0 Å². The molecule has 0 spiro atoms. The first-order chi connectivity index (χ1) is 12.0.